The first-order chi connectivity index (χ1) is 15.8. The molecule has 0 N–H and O–H groups in total. The van der Waals surface area contributed by atoms with Crippen LogP contribution in [0.3, 0.4) is 0 Å². The number of likely N-dealkylation sites (tertiary alicyclic amines) is 1. The van der Waals surface area contributed by atoms with Crippen LogP contribution in [0.4, 0.5) is 4.79 Å². The summed E-state index contributed by atoms with van der Waals surface area (Å²) >= 11 is 0. The molecule has 1 aliphatic carbocycles. The molecule has 0 atom stereocenters. The summed E-state index contributed by atoms with van der Waals surface area (Å²) in [7, 11) is 0. The van der Waals surface area contributed by atoms with Gasteiger partial charge in [-0.25, -0.2) is 9.78 Å². The Hall–Kier alpha value is -2.63. The molecular weight excluding hydrogens is 426 g/mol. The molecule has 6 heteroatoms. The van der Waals surface area contributed by atoms with Gasteiger partial charge in [0.25, 0.3) is 0 Å². The van der Waals surface area contributed by atoms with E-state index in [0.29, 0.717) is 19.1 Å². The highest BCUT2D eigenvalue weighted by atomic mass is 16.6. The van der Waals surface area contributed by atoms with Gasteiger partial charge in [-0.05, 0) is 67.7 Å². The zero-order valence-electron chi connectivity index (χ0n) is 21.8. The third kappa shape index (κ3) is 5.37. The molecule has 0 spiro atoms. The third-order valence-electron chi connectivity index (χ3n) is 7.15. The van der Waals surface area contributed by atoms with Gasteiger partial charge in [-0.1, -0.05) is 39.8 Å². The van der Waals surface area contributed by atoms with E-state index in [1.807, 2.05) is 26.8 Å². The van der Waals surface area contributed by atoms with Gasteiger partial charge in [0.05, 0.1) is 5.69 Å². The monoisotopic (exact) mass is 465 g/mol. The standard InChI is InChI=1S/C28H39N3O3/c1-26(2,3)34-25(32)31-16-11-20(12-17-31)33-24-29-15-10-23(30-24)19-8-9-21-22(18-19)28(6,7)14-13-27(21,4)5/h8-10,15,18,20H,11-14,16-17H2,1-7H3. The van der Waals surface area contributed by atoms with Crippen LogP contribution in [0.25, 0.3) is 11.3 Å². The quantitative estimate of drug-likeness (QED) is 0.534. The summed E-state index contributed by atoms with van der Waals surface area (Å²) in [5.74, 6) is 0. The second-order valence-corrected chi connectivity index (χ2v) is 12.0. The Balaban J connectivity index is 1.45. The van der Waals surface area contributed by atoms with E-state index in [4.69, 9.17) is 14.5 Å². The van der Waals surface area contributed by atoms with Gasteiger partial charge in [0.15, 0.2) is 0 Å². The molecule has 0 radical (unpaired) electrons. The summed E-state index contributed by atoms with van der Waals surface area (Å²) in [6.07, 6.45) is 5.33. The highest BCUT2D eigenvalue weighted by Crippen LogP contribution is 2.46. The highest BCUT2D eigenvalue weighted by molar-refractivity contribution is 5.68. The lowest BCUT2D eigenvalue weighted by atomic mass is 9.63. The molecule has 2 aliphatic rings. The van der Waals surface area contributed by atoms with Crippen LogP contribution in [0.5, 0.6) is 6.01 Å². The van der Waals surface area contributed by atoms with Crippen molar-refractivity contribution in [2.45, 2.75) is 96.7 Å². The highest BCUT2D eigenvalue weighted by Gasteiger charge is 2.37. The number of nitrogens with zero attached hydrogens (tertiary/aromatic N) is 3. The molecule has 1 aliphatic heterocycles. The van der Waals surface area contributed by atoms with Crippen LogP contribution < -0.4 is 4.74 Å². The van der Waals surface area contributed by atoms with Crippen LogP contribution in [0.15, 0.2) is 30.5 Å². The SMILES string of the molecule is CC(C)(C)OC(=O)N1CCC(Oc2nccc(-c3ccc4c(c3)C(C)(C)CCC4(C)C)n2)CC1. The number of rotatable bonds is 3. The van der Waals surface area contributed by atoms with E-state index in [1.54, 1.807) is 11.1 Å². The summed E-state index contributed by atoms with van der Waals surface area (Å²) in [6.45, 7) is 16.2. The lowest BCUT2D eigenvalue weighted by molar-refractivity contribution is 0.0119. The zero-order chi connectivity index (χ0) is 24.7. The van der Waals surface area contributed by atoms with Crippen LogP contribution in [0, 0.1) is 0 Å². The molecule has 0 saturated carbocycles. The number of amides is 1. The number of piperidine rings is 1. The van der Waals surface area contributed by atoms with Gasteiger partial charge >= 0.3 is 12.1 Å². The smallest absolute Gasteiger partial charge is 0.410 e. The number of fused-ring (bicyclic) bond motifs is 1. The minimum atomic E-state index is -0.486. The third-order valence-corrected chi connectivity index (χ3v) is 7.15. The van der Waals surface area contributed by atoms with Crippen molar-refractivity contribution in [1.82, 2.24) is 14.9 Å². The fourth-order valence-electron chi connectivity index (χ4n) is 4.94. The van der Waals surface area contributed by atoms with Crippen LogP contribution in [0.2, 0.25) is 0 Å². The maximum atomic E-state index is 12.3. The van der Waals surface area contributed by atoms with E-state index in [1.165, 1.54) is 24.0 Å². The van der Waals surface area contributed by atoms with Gasteiger partial charge in [-0.3, -0.25) is 0 Å². The number of hydrogen-bond donors (Lipinski definition) is 0. The molecule has 184 valence electrons. The first kappa shape index (κ1) is 24.5. The average molecular weight is 466 g/mol. The maximum Gasteiger partial charge on any atom is 0.410 e. The lowest BCUT2D eigenvalue weighted by Gasteiger charge is -2.42. The predicted molar refractivity (Wildman–Crippen MR) is 134 cm³/mol. The fourth-order valence-corrected chi connectivity index (χ4v) is 4.94. The first-order valence-corrected chi connectivity index (χ1v) is 12.5. The number of benzene rings is 1. The summed E-state index contributed by atoms with van der Waals surface area (Å²) in [6, 6.07) is 9.10. The van der Waals surface area contributed by atoms with Gasteiger partial charge < -0.3 is 14.4 Å². The van der Waals surface area contributed by atoms with Gasteiger partial charge in [0.2, 0.25) is 0 Å². The van der Waals surface area contributed by atoms with E-state index in [-0.39, 0.29) is 23.0 Å². The van der Waals surface area contributed by atoms with Crippen molar-refractivity contribution >= 4 is 6.09 Å². The van der Waals surface area contributed by atoms with Crippen molar-refractivity contribution < 1.29 is 14.3 Å². The molecule has 0 bridgehead atoms. The first-order valence-electron chi connectivity index (χ1n) is 12.5. The van der Waals surface area contributed by atoms with Crippen LogP contribution >= 0.6 is 0 Å². The van der Waals surface area contributed by atoms with Gasteiger partial charge in [-0.2, -0.15) is 4.98 Å². The molecule has 4 rings (SSSR count). The van der Waals surface area contributed by atoms with Crippen molar-refractivity contribution in [2.75, 3.05) is 13.1 Å². The van der Waals surface area contributed by atoms with Crippen molar-refractivity contribution in [3.8, 4) is 17.3 Å². The second-order valence-electron chi connectivity index (χ2n) is 12.0. The van der Waals surface area contributed by atoms with Gasteiger partial charge in [0, 0.05) is 37.7 Å². The fraction of sp³-hybridized carbons (Fsp3) is 0.607. The normalized spacial score (nSPS) is 19.9. The zero-order valence-corrected chi connectivity index (χ0v) is 21.8. The van der Waals surface area contributed by atoms with Crippen LogP contribution in [-0.2, 0) is 15.6 Å². The second kappa shape index (κ2) is 8.86. The largest absolute Gasteiger partial charge is 0.460 e. The van der Waals surface area contributed by atoms with Crippen molar-refractivity contribution in [2.24, 2.45) is 0 Å². The Kier molecular flexibility index (Phi) is 6.38. The average Bonchev–Trinajstić information content (AvgIpc) is 2.76. The summed E-state index contributed by atoms with van der Waals surface area (Å²) < 4.78 is 11.6. The maximum absolute atomic E-state index is 12.3. The summed E-state index contributed by atoms with van der Waals surface area (Å²) in [4.78, 5) is 23.2. The Morgan fingerprint density at radius 3 is 2.29 bits per heavy atom. The molecule has 1 aromatic carbocycles. The Morgan fingerprint density at radius 1 is 1.00 bits per heavy atom. The molecule has 2 aromatic rings. The molecule has 1 saturated heterocycles. The van der Waals surface area contributed by atoms with Crippen molar-refractivity contribution in [3.63, 3.8) is 0 Å². The molecule has 1 amide bonds. The van der Waals surface area contributed by atoms with Gasteiger partial charge in [-0.15, -0.1) is 0 Å². The Bertz CT molecular complexity index is 1050. The molecule has 1 aromatic heterocycles. The summed E-state index contributed by atoms with van der Waals surface area (Å²) in [5.41, 5.74) is 4.68. The minimum Gasteiger partial charge on any atom is -0.460 e. The Morgan fingerprint density at radius 2 is 1.65 bits per heavy atom. The van der Waals surface area contributed by atoms with Gasteiger partial charge in [0.1, 0.15) is 11.7 Å². The number of carbonyl (C=O) groups excluding carboxylic acids is 1. The molecule has 34 heavy (non-hydrogen) atoms. The van der Waals surface area contributed by atoms with E-state index in [9.17, 15) is 4.79 Å². The number of ether oxygens (including phenoxy) is 2. The van der Waals surface area contributed by atoms with Crippen molar-refractivity contribution in [1.29, 1.82) is 0 Å². The van der Waals surface area contributed by atoms with E-state index in [0.717, 1.165) is 24.1 Å². The summed E-state index contributed by atoms with van der Waals surface area (Å²) in [5, 5.41) is 0. The lowest BCUT2D eigenvalue weighted by Crippen LogP contribution is -2.44. The molecule has 6 nitrogen and oxygen atoms in total. The molecular formula is C28H39N3O3. The predicted octanol–water partition coefficient (Wildman–Crippen LogP) is 6.27. The van der Waals surface area contributed by atoms with Crippen molar-refractivity contribution in [3.05, 3.63) is 41.6 Å². The molecule has 2 heterocycles. The van der Waals surface area contributed by atoms with E-state index >= 15 is 0 Å². The minimum absolute atomic E-state index is 0.0165. The van der Waals surface area contributed by atoms with Crippen LogP contribution in [0.1, 0.15) is 85.3 Å². The molecule has 0 unspecified atom stereocenters. The Labute approximate surface area is 204 Å². The number of carbonyl (C=O) groups is 1. The topological polar surface area (TPSA) is 64.5 Å². The van der Waals surface area contributed by atoms with Crippen LogP contribution in [-0.4, -0.2) is 45.8 Å². The van der Waals surface area contributed by atoms with E-state index < -0.39 is 5.60 Å². The number of aromatic nitrogens is 2. The molecule has 1 fully saturated rings. The number of hydrogen-bond acceptors (Lipinski definition) is 5. The van der Waals surface area contributed by atoms with E-state index in [2.05, 4.69) is 50.9 Å².